The van der Waals surface area contributed by atoms with Crippen LogP contribution < -0.4 is 0 Å². The Hall–Kier alpha value is 0.850. The van der Waals surface area contributed by atoms with Crippen molar-refractivity contribution >= 4 is 28.3 Å². The van der Waals surface area contributed by atoms with Crippen LogP contribution in [0.1, 0.15) is 27.7 Å². The Morgan fingerprint density at radius 2 is 1.11 bits per heavy atom. The molecular weight excluding hydrogens is 295 g/mol. The minimum atomic E-state index is -2.07. The third kappa shape index (κ3) is 10.3. The second-order valence-electron chi connectivity index (χ2n) is 4.49. The first-order valence-corrected chi connectivity index (χ1v) is 12.6. The van der Waals surface area contributed by atoms with E-state index in [1.54, 1.807) is 22.8 Å². The Morgan fingerprint density at radius 1 is 0.789 bits per heavy atom. The normalized spacial score (nSPS) is 12.6. The fourth-order valence-electron chi connectivity index (χ4n) is 1.79. The summed E-state index contributed by atoms with van der Waals surface area (Å²) in [5.41, 5.74) is -2.07. The Kier molecular flexibility index (Phi) is 12.0. The molecule has 0 atom stereocenters. The van der Waals surface area contributed by atoms with Gasteiger partial charge in [0, 0.05) is 31.3 Å². The van der Waals surface area contributed by atoms with Crippen molar-refractivity contribution < 1.29 is 4.57 Å². The molecule has 0 rings (SSSR count). The van der Waals surface area contributed by atoms with E-state index in [1.165, 1.54) is 0 Å². The van der Waals surface area contributed by atoms with Gasteiger partial charge in [-0.15, -0.1) is 0 Å². The molecule has 0 aromatic heterocycles. The van der Waals surface area contributed by atoms with Gasteiger partial charge in [0.2, 0.25) is 0 Å². The van der Waals surface area contributed by atoms with Gasteiger partial charge in [0.1, 0.15) is 0 Å². The van der Waals surface area contributed by atoms with Crippen LogP contribution in [0.15, 0.2) is 0 Å². The van der Waals surface area contributed by atoms with Crippen molar-refractivity contribution in [3.05, 3.63) is 0 Å². The zero-order chi connectivity index (χ0) is 14.7. The van der Waals surface area contributed by atoms with E-state index >= 15 is 0 Å². The molecule has 0 fully saturated rings. The molecule has 0 saturated carbocycles. The predicted octanol–water partition coefficient (Wildman–Crippen LogP) is 3.96. The van der Waals surface area contributed by atoms with Gasteiger partial charge in [-0.1, -0.05) is 50.5 Å². The molecule has 116 valence electrons. The minimum Gasteiger partial charge on any atom is -0.303 e. The molecule has 0 unspecified atom stereocenters. The van der Waals surface area contributed by atoms with Crippen molar-refractivity contribution in [1.29, 1.82) is 0 Å². The highest BCUT2D eigenvalue weighted by Crippen LogP contribution is 2.65. The highest BCUT2D eigenvalue weighted by Gasteiger charge is 2.17. The lowest BCUT2D eigenvalue weighted by molar-refractivity contribution is 0.324. The van der Waals surface area contributed by atoms with Crippen molar-refractivity contribution in [2.24, 2.45) is 0 Å². The van der Waals surface area contributed by atoms with Gasteiger partial charge in [0.25, 0.3) is 0 Å². The molecule has 0 aliphatic heterocycles. The van der Waals surface area contributed by atoms with Gasteiger partial charge < -0.3 is 14.4 Å². The summed E-state index contributed by atoms with van der Waals surface area (Å²) in [4.78, 5) is 4.77. The average Bonchev–Trinajstić information content (AvgIpc) is 2.39. The Bertz CT molecular complexity index is 237. The van der Waals surface area contributed by atoms with Crippen LogP contribution in [0.5, 0.6) is 0 Å². The summed E-state index contributed by atoms with van der Waals surface area (Å²) < 4.78 is 12.4. The van der Waals surface area contributed by atoms with Crippen molar-refractivity contribution in [1.82, 2.24) is 9.80 Å². The Balaban J connectivity index is 3.82. The Labute approximate surface area is 128 Å². The summed E-state index contributed by atoms with van der Waals surface area (Å²) in [5, 5.41) is 0. The first-order valence-electron chi connectivity index (χ1n) is 7.30. The number of rotatable bonds is 12. The van der Waals surface area contributed by atoms with Crippen LogP contribution in [-0.2, 0) is 4.57 Å². The smallest absolute Gasteiger partial charge is 0.188 e. The maximum Gasteiger partial charge on any atom is 0.188 e. The standard InChI is InChI=1S/C13H31N2OPS2/c1-6-14(7-2)10-12-18-17(5,16)19-13-11-15(8-3)9-4/h6-13H2,1-5H3. The molecule has 0 heterocycles. The lowest BCUT2D eigenvalue weighted by atomic mass is 10.5. The maximum atomic E-state index is 12.4. The molecule has 3 nitrogen and oxygen atoms in total. The van der Waals surface area contributed by atoms with E-state index in [1.807, 2.05) is 6.66 Å². The number of hydrogen-bond donors (Lipinski definition) is 0. The first-order chi connectivity index (χ1) is 8.99. The molecule has 0 radical (unpaired) electrons. The van der Waals surface area contributed by atoms with Gasteiger partial charge in [-0.2, -0.15) is 0 Å². The molecular formula is C13H31N2OPS2. The van der Waals surface area contributed by atoms with Crippen molar-refractivity contribution in [3.63, 3.8) is 0 Å². The van der Waals surface area contributed by atoms with Gasteiger partial charge in [-0.3, -0.25) is 0 Å². The third-order valence-electron chi connectivity index (χ3n) is 3.26. The van der Waals surface area contributed by atoms with Gasteiger partial charge >= 0.3 is 0 Å². The maximum absolute atomic E-state index is 12.4. The molecule has 6 heteroatoms. The predicted molar refractivity (Wildman–Crippen MR) is 94.0 cm³/mol. The van der Waals surface area contributed by atoms with Gasteiger partial charge in [-0.05, 0) is 26.2 Å². The molecule has 0 aromatic rings. The molecule has 0 bridgehead atoms. The molecule has 0 aliphatic carbocycles. The zero-order valence-electron chi connectivity index (χ0n) is 13.2. The van der Waals surface area contributed by atoms with E-state index < -0.39 is 5.55 Å². The van der Waals surface area contributed by atoms with Crippen LogP contribution in [-0.4, -0.2) is 67.2 Å². The number of hydrogen-bond acceptors (Lipinski definition) is 5. The summed E-state index contributed by atoms with van der Waals surface area (Å²) >= 11 is 3.33. The quantitative estimate of drug-likeness (QED) is 0.505. The molecule has 0 spiro atoms. The van der Waals surface area contributed by atoms with Crippen LogP contribution in [0.2, 0.25) is 0 Å². The van der Waals surface area contributed by atoms with E-state index in [0.717, 1.165) is 50.8 Å². The summed E-state index contributed by atoms with van der Waals surface area (Å²) in [6.45, 7) is 17.1. The molecule has 0 amide bonds. The fourth-order valence-corrected chi connectivity index (χ4v) is 7.92. The van der Waals surface area contributed by atoms with E-state index in [4.69, 9.17) is 0 Å². The molecule has 0 aliphatic rings. The lowest BCUT2D eigenvalue weighted by Crippen LogP contribution is -2.25. The van der Waals surface area contributed by atoms with Crippen molar-refractivity contribution in [2.75, 3.05) is 57.4 Å². The minimum absolute atomic E-state index is 0.980. The summed E-state index contributed by atoms with van der Waals surface area (Å²) in [6, 6.07) is 0. The molecule has 0 saturated heterocycles. The van der Waals surface area contributed by atoms with E-state index in [2.05, 4.69) is 37.5 Å². The van der Waals surface area contributed by atoms with Gasteiger partial charge in [0.15, 0.2) is 5.55 Å². The molecule has 19 heavy (non-hydrogen) atoms. The second kappa shape index (κ2) is 11.5. The van der Waals surface area contributed by atoms with E-state index in [9.17, 15) is 4.57 Å². The van der Waals surface area contributed by atoms with Crippen molar-refractivity contribution in [3.8, 4) is 0 Å². The highest BCUT2D eigenvalue weighted by molar-refractivity contribution is 8.90. The topological polar surface area (TPSA) is 23.6 Å². The average molecular weight is 327 g/mol. The van der Waals surface area contributed by atoms with Crippen LogP contribution in [0.4, 0.5) is 0 Å². The van der Waals surface area contributed by atoms with E-state index in [-0.39, 0.29) is 0 Å². The SMILES string of the molecule is CCN(CC)CCSP(C)(=O)SCCN(CC)CC. The first kappa shape index (κ1) is 19.9. The molecule has 0 aromatic carbocycles. The van der Waals surface area contributed by atoms with Crippen LogP contribution in [0, 0.1) is 0 Å². The third-order valence-corrected chi connectivity index (χ3v) is 10.7. The summed E-state index contributed by atoms with van der Waals surface area (Å²) in [5.74, 6) is 1.96. The monoisotopic (exact) mass is 326 g/mol. The lowest BCUT2D eigenvalue weighted by Gasteiger charge is -2.20. The van der Waals surface area contributed by atoms with E-state index in [0.29, 0.717) is 0 Å². The van der Waals surface area contributed by atoms with Gasteiger partial charge in [0.05, 0.1) is 0 Å². The Morgan fingerprint density at radius 3 is 1.37 bits per heavy atom. The zero-order valence-corrected chi connectivity index (χ0v) is 15.8. The summed E-state index contributed by atoms with van der Waals surface area (Å²) in [6.07, 6.45) is 0. The summed E-state index contributed by atoms with van der Waals surface area (Å²) in [7, 11) is 0. The fraction of sp³-hybridized carbons (Fsp3) is 1.00. The van der Waals surface area contributed by atoms with Crippen LogP contribution in [0.3, 0.4) is 0 Å². The van der Waals surface area contributed by atoms with Crippen LogP contribution >= 0.6 is 28.3 Å². The number of nitrogens with zero attached hydrogens (tertiary/aromatic N) is 2. The molecule has 0 N–H and O–H groups in total. The highest BCUT2D eigenvalue weighted by atomic mass is 33.1. The second-order valence-corrected chi connectivity index (χ2v) is 13.8. The van der Waals surface area contributed by atoms with Gasteiger partial charge in [-0.25, -0.2) is 0 Å². The van der Waals surface area contributed by atoms with Crippen LogP contribution in [0.25, 0.3) is 0 Å². The largest absolute Gasteiger partial charge is 0.303 e. The van der Waals surface area contributed by atoms with Crippen molar-refractivity contribution in [2.45, 2.75) is 27.7 Å².